The van der Waals surface area contributed by atoms with Gasteiger partial charge in [0.05, 0.1) is 6.61 Å². The van der Waals surface area contributed by atoms with Crippen LogP contribution in [0.25, 0.3) is 0 Å². The SMILES string of the molecule is CCOc1cccc(N(CCN)C2CCCC2)n1. The second-order valence-electron chi connectivity index (χ2n) is 4.69. The molecule has 0 aliphatic heterocycles. The lowest BCUT2D eigenvalue weighted by atomic mass is 10.2. The lowest BCUT2D eigenvalue weighted by Gasteiger charge is -2.29. The fourth-order valence-electron chi connectivity index (χ4n) is 2.63. The van der Waals surface area contributed by atoms with E-state index in [1.165, 1.54) is 25.7 Å². The first kappa shape index (κ1) is 13.1. The molecule has 0 amide bonds. The van der Waals surface area contributed by atoms with Crippen molar-refractivity contribution in [3.63, 3.8) is 0 Å². The summed E-state index contributed by atoms with van der Waals surface area (Å²) in [6, 6.07) is 6.56. The van der Waals surface area contributed by atoms with Gasteiger partial charge >= 0.3 is 0 Å². The summed E-state index contributed by atoms with van der Waals surface area (Å²) in [5.74, 6) is 1.70. The topological polar surface area (TPSA) is 51.4 Å². The molecule has 0 unspecified atom stereocenters. The van der Waals surface area contributed by atoms with E-state index < -0.39 is 0 Å². The largest absolute Gasteiger partial charge is 0.478 e. The summed E-state index contributed by atoms with van der Waals surface area (Å²) in [7, 11) is 0. The maximum absolute atomic E-state index is 5.73. The summed E-state index contributed by atoms with van der Waals surface area (Å²) in [6.07, 6.45) is 5.13. The predicted octanol–water partition coefficient (Wildman–Crippen LogP) is 2.19. The summed E-state index contributed by atoms with van der Waals surface area (Å²) >= 11 is 0. The zero-order valence-corrected chi connectivity index (χ0v) is 11.1. The number of rotatable bonds is 6. The van der Waals surface area contributed by atoms with Gasteiger partial charge in [-0.1, -0.05) is 18.9 Å². The summed E-state index contributed by atoms with van der Waals surface area (Å²) in [5, 5.41) is 0. The van der Waals surface area contributed by atoms with Crippen molar-refractivity contribution in [3.8, 4) is 5.88 Å². The Hall–Kier alpha value is -1.29. The second-order valence-corrected chi connectivity index (χ2v) is 4.69. The lowest BCUT2D eigenvalue weighted by molar-refractivity contribution is 0.326. The number of ether oxygens (including phenoxy) is 1. The molecule has 2 N–H and O–H groups in total. The molecule has 4 nitrogen and oxygen atoms in total. The van der Waals surface area contributed by atoms with Crippen LogP contribution in [0.15, 0.2) is 18.2 Å². The van der Waals surface area contributed by atoms with E-state index in [9.17, 15) is 0 Å². The second kappa shape index (κ2) is 6.59. The summed E-state index contributed by atoms with van der Waals surface area (Å²) in [4.78, 5) is 6.92. The molecule has 1 saturated carbocycles. The van der Waals surface area contributed by atoms with E-state index in [4.69, 9.17) is 10.5 Å². The molecule has 100 valence electrons. The average Bonchev–Trinajstić information content (AvgIpc) is 2.90. The van der Waals surface area contributed by atoms with Gasteiger partial charge in [0.1, 0.15) is 5.82 Å². The Morgan fingerprint density at radius 1 is 1.39 bits per heavy atom. The maximum Gasteiger partial charge on any atom is 0.215 e. The van der Waals surface area contributed by atoms with Crippen molar-refractivity contribution in [2.75, 3.05) is 24.6 Å². The van der Waals surface area contributed by atoms with Gasteiger partial charge in [-0.3, -0.25) is 0 Å². The van der Waals surface area contributed by atoms with Crippen molar-refractivity contribution < 1.29 is 4.74 Å². The Kier molecular flexibility index (Phi) is 4.81. The molecule has 1 aromatic heterocycles. The first-order valence-electron chi connectivity index (χ1n) is 6.91. The van der Waals surface area contributed by atoms with Gasteiger partial charge in [0.15, 0.2) is 0 Å². The fourth-order valence-corrected chi connectivity index (χ4v) is 2.63. The number of nitrogens with zero attached hydrogens (tertiary/aromatic N) is 2. The Morgan fingerprint density at radius 3 is 2.83 bits per heavy atom. The summed E-state index contributed by atoms with van der Waals surface area (Å²) in [6.45, 7) is 4.16. The molecule has 2 rings (SSSR count). The molecular weight excluding hydrogens is 226 g/mol. The van der Waals surface area contributed by atoms with Crippen molar-refractivity contribution in [3.05, 3.63) is 18.2 Å². The number of hydrogen-bond donors (Lipinski definition) is 1. The van der Waals surface area contributed by atoms with Gasteiger partial charge in [0.2, 0.25) is 5.88 Å². The van der Waals surface area contributed by atoms with Gasteiger partial charge in [-0.2, -0.15) is 4.98 Å². The van der Waals surface area contributed by atoms with Gasteiger partial charge in [0.25, 0.3) is 0 Å². The van der Waals surface area contributed by atoms with E-state index >= 15 is 0 Å². The Bertz CT molecular complexity index is 364. The molecule has 0 atom stereocenters. The molecule has 4 heteroatoms. The monoisotopic (exact) mass is 249 g/mol. The van der Waals surface area contributed by atoms with E-state index in [-0.39, 0.29) is 0 Å². The minimum Gasteiger partial charge on any atom is -0.478 e. The molecule has 1 aliphatic rings. The van der Waals surface area contributed by atoms with Gasteiger partial charge in [-0.05, 0) is 25.8 Å². The number of anilines is 1. The molecule has 0 aromatic carbocycles. The van der Waals surface area contributed by atoms with E-state index in [1.807, 2.05) is 19.1 Å². The van der Waals surface area contributed by atoms with Gasteiger partial charge in [-0.15, -0.1) is 0 Å². The van der Waals surface area contributed by atoms with Crippen LogP contribution in [0.4, 0.5) is 5.82 Å². The van der Waals surface area contributed by atoms with Crippen LogP contribution in [0.1, 0.15) is 32.6 Å². The number of nitrogens with two attached hydrogens (primary N) is 1. The van der Waals surface area contributed by atoms with Crippen molar-refractivity contribution in [2.45, 2.75) is 38.6 Å². The quantitative estimate of drug-likeness (QED) is 0.839. The molecule has 18 heavy (non-hydrogen) atoms. The predicted molar refractivity (Wildman–Crippen MR) is 74.1 cm³/mol. The first-order valence-corrected chi connectivity index (χ1v) is 6.91. The van der Waals surface area contributed by atoms with Crippen LogP contribution in [0.2, 0.25) is 0 Å². The number of pyridine rings is 1. The smallest absolute Gasteiger partial charge is 0.215 e. The van der Waals surface area contributed by atoms with Crippen molar-refractivity contribution in [1.82, 2.24) is 4.98 Å². The highest BCUT2D eigenvalue weighted by Crippen LogP contribution is 2.27. The zero-order valence-electron chi connectivity index (χ0n) is 11.1. The van der Waals surface area contributed by atoms with Crippen LogP contribution in [0, 0.1) is 0 Å². The first-order chi connectivity index (χ1) is 8.85. The zero-order chi connectivity index (χ0) is 12.8. The molecule has 0 radical (unpaired) electrons. The standard InChI is InChI=1S/C14H23N3O/c1-2-18-14-9-5-8-13(16-14)17(11-10-15)12-6-3-4-7-12/h5,8-9,12H,2-4,6-7,10-11,15H2,1H3. The molecule has 1 fully saturated rings. The van der Waals surface area contributed by atoms with Crippen molar-refractivity contribution in [2.24, 2.45) is 5.73 Å². The van der Waals surface area contributed by atoms with Gasteiger partial charge < -0.3 is 15.4 Å². The van der Waals surface area contributed by atoms with Crippen molar-refractivity contribution in [1.29, 1.82) is 0 Å². The van der Waals surface area contributed by atoms with E-state index in [1.54, 1.807) is 0 Å². The van der Waals surface area contributed by atoms with Crippen LogP contribution in [0.3, 0.4) is 0 Å². The third-order valence-corrected chi connectivity index (χ3v) is 3.43. The molecule has 0 saturated heterocycles. The summed E-state index contributed by atoms with van der Waals surface area (Å²) < 4.78 is 5.47. The third-order valence-electron chi connectivity index (χ3n) is 3.43. The average molecular weight is 249 g/mol. The van der Waals surface area contributed by atoms with Crippen LogP contribution in [0.5, 0.6) is 5.88 Å². The highest BCUT2D eigenvalue weighted by molar-refractivity contribution is 5.42. The Balaban J connectivity index is 2.15. The third kappa shape index (κ3) is 3.13. The lowest BCUT2D eigenvalue weighted by Crippen LogP contribution is -2.37. The van der Waals surface area contributed by atoms with E-state index in [0.717, 1.165) is 12.4 Å². The van der Waals surface area contributed by atoms with Crippen LogP contribution in [-0.2, 0) is 0 Å². The molecule has 1 aliphatic carbocycles. The van der Waals surface area contributed by atoms with Gasteiger partial charge in [0, 0.05) is 25.2 Å². The Morgan fingerprint density at radius 2 is 2.17 bits per heavy atom. The molecule has 1 aromatic rings. The Labute approximate surface area is 109 Å². The fraction of sp³-hybridized carbons (Fsp3) is 0.643. The van der Waals surface area contributed by atoms with Crippen LogP contribution < -0.4 is 15.4 Å². The van der Waals surface area contributed by atoms with Crippen LogP contribution >= 0.6 is 0 Å². The van der Waals surface area contributed by atoms with E-state index in [0.29, 0.717) is 25.1 Å². The minimum atomic E-state index is 0.595. The molecule has 1 heterocycles. The number of hydrogen-bond acceptors (Lipinski definition) is 4. The van der Waals surface area contributed by atoms with Crippen molar-refractivity contribution >= 4 is 5.82 Å². The minimum absolute atomic E-state index is 0.595. The highest BCUT2D eigenvalue weighted by Gasteiger charge is 2.23. The van der Waals surface area contributed by atoms with Gasteiger partial charge in [-0.25, -0.2) is 0 Å². The molecule has 0 bridgehead atoms. The maximum atomic E-state index is 5.73. The normalized spacial score (nSPS) is 15.9. The highest BCUT2D eigenvalue weighted by atomic mass is 16.5. The van der Waals surface area contributed by atoms with Crippen LogP contribution in [-0.4, -0.2) is 30.7 Å². The molecule has 0 spiro atoms. The summed E-state index contributed by atoms with van der Waals surface area (Å²) in [5.41, 5.74) is 5.73. The molecular formula is C14H23N3O. The number of aromatic nitrogens is 1. The van der Waals surface area contributed by atoms with E-state index in [2.05, 4.69) is 16.0 Å².